The summed E-state index contributed by atoms with van der Waals surface area (Å²) in [5, 5.41) is 5.84. The molecule has 5 nitrogen and oxygen atoms in total. The molecule has 2 aromatic heterocycles. The van der Waals surface area contributed by atoms with Gasteiger partial charge in [-0.25, -0.2) is 4.98 Å². The van der Waals surface area contributed by atoms with E-state index in [2.05, 4.69) is 10.3 Å². The highest BCUT2D eigenvalue weighted by molar-refractivity contribution is 7.13. The van der Waals surface area contributed by atoms with Gasteiger partial charge < -0.3 is 14.5 Å². The standard InChI is InChI=1S/C15H20N2O3S/c1-5-19-13(18)15(3,4)12-9-21-14(17-12)16-8-11-7-6-10(2)20-11/h6-7,9H,5,8H2,1-4H3,(H,16,17). The number of ether oxygens (including phenoxy) is 1. The van der Waals surface area contributed by atoms with Crippen LogP contribution in [-0.4, -0.2) is 17.6 Å². The van der Waals surface area contributed by atoms with E-state index in [-0.39, 0.29) is 5.97 Å². The Labute approximate surface area is 128 Å². The number of carbonyl (C=O) groups is 1. The molecule has 0 atom stereocenters. The Morgan fingerprint density at radius 2 is 2.24 bits per heavy atom. The van der Waals surface area contributed by atoms with Gasteiger partial charge in [-0.2, -0.15) is 0 Å². The molecular weight excluding hydrogens is 288 g/mol. The van der Waals surface area contributed by atoms with E-state index in [0.717, 1.165) is 16.7 Å². The predicted octanol–water partition coefficient (Wildman–Crippen LogP) is 3.50. The number of thiazole rings is 1. The molecule has 0 amide bonds. The third kappa shape index (κ3) is 3.64. The van der Waals surface area contributed by atoms with E-state index < -0.39 is 5.41 Å². The van der Waals surface area contributed by atoms with Crippen molar-refractivity contribution in [2.24, 2.45) is 0 Å². The Kier molecular flexibility index (Phi) is 4.67. The molecule has 0 fully saturated rings. The van der Waals surface area contributed by atoms with E-state index in [0.29, 0.717) is 18.8 Å². The molecule has 0 aromatic carbocycles. The summed E-state index contributed by atoms with van der Waals surface area (Å²) in [6.45, 7) is 8.29. The summed E-state index contributed by atoms with van der Waals surface area (Å²) in [6.07, 6.45) is 0. The molecule has 0 saturated heterocycles. The fourth-order valence-electron chi connectivity index (χ4n) is 1.80. The number of nitrogens with one attached hydrogen (secondary N) is 1. The second kappa shape index (κ2) is 6.30. The lowest BCUT2D eigenvalue weighted by molar-refractivity contribution is -0.148. The molecule has 0 aliphatic rings. The smallest absolute Gasteiger partial charge is 0.317 e. The minimum atomic E-state index is -0.742. The summed E-state index contributed by atoms with van der Waals surface area (Å²) in [5.41, 5.74) is -0.0302. The summed E-state index contributed by atoms with van der Waals surface area (Å²) >= 11 is 1.47. The van der Waals surface area contributed by atoms with Gasteiger partial charge in [0, 0.05) is 5.38 Å². The van der Waals surface area contributed by atoms with Gasteiger partial charge in [0.05, 0.1) is 18.8 Å². The molecule has 2 rings (SSSR count). The molecular formula is C15H20N2O3S. The van der Waals surface area contributed by atoms with Crippen LogP contribution >= 0.6 is 11.3 Å². The SMILES string of the molecule is CCOC(=O)C(C)(C)c1csc(NCc2ccc(C)o2)n1. The molecule has 2 heterocycles. The highest BCUT2D eigenvalue weighted by Crippen LogP contribution is 2.28. The molecule has 0 unspecified atom stereocenters. The van der Waals surface area contributed by atoms with Crippen LogP contribution in [0, 0.1) is 6.92 Å². The first-order valence-electron chi connectivity index (χ1n) is 6.86. The molecule has 114 valence electrons. The van der Waals surface area contributed by atoms with E-state index in [4.69, 9.17) is 9.15 Å². The molecule has 0 saturated carbocycles. The number of anilines is 1. The van der Waals surface area contributed by atoms with Crippen molar-refractivity contribution in [2.75, 3.05) is 11.9 Å². The van der Waals surface area contributed by atoms with Crippen LogP contribution in [-0.2, 0) is 21.5 Å². The molecule has 0 aliphatic carbocycles. The van der Waals surface area contributed by atoms with Gasteiger partial charge in [0.15, 0.2) is 5.13 Å². The number of aromatic nitrogens is 1. The first-order chi connectivity index (χ1) is 9.93. The van der Waals surface area contributed by atoms with E-state index in [1.54, 1.807) is 6.92 Å². The quantitative estimate of drug-likeness (QED) is 0.827. The summed E-state index contributed by atoms with van der Waals surface area (Å²) in [5.74, 6) is 1.48. The van der Waals surface area contributed by atoms with Crippen LogP contribution < -0.4 is 5.32 Å². The van der Waals surface area contributed by atoms with Crippen molar-refractivity contribution < 1.29 is 13.9 Å². The number of aryl methyl sites for hydroxylation is 1. The van der Waals surface area contributed by atoms with Crippen molar-refractivity contribution in [2.45, 2.75) is 39.7 Å². The molecule has 1 N–H and O–H groups in total. The largest absolute Gasteiger partial charge is 0.465 e. The first-order valence-corrected chi connectivity index (χ1v) is 7.74. The lowest BCUT2D eigenvalue weighted by atomic mass is 9.90. The Morgan fingerprint density at radius 3 is 2.86 bits per heavy atom. The zero-order valence-corrected chi connectivity index (χ0v) is 13.5. The van der Waals surface area contributed by atoms with Crippen molar-refractivity contribution in [3.63, 3.8) is 0 Å². The minimum absolute atomic E-state index is 0.261. The third-order valence-corrected chi connectivity index (χ3v) is 3.94. The van der Waals surface area contributed by atoms with E-state index in [1.165, 1.54) is 11.3 Å². The van der Waals surface area contributed by atoms with E-state index in [1.807, 2.05) is 38.3 Å². The first kappa shape index (κ1) is 15.6. The number of nitrogens with zero attached hydrogens (tertiary/aromatic N) is 1. The topological polar surface area (TPSA) is 64.4 Å². The lowest BCUT2D eigenvalue weighted by Crippen LogP contribution is -2.31. The van der Waals surface area contributed by atoms with Crippen LogP contribution in [0.15, 0.2) is 21.9 Å². The zero-order valence-electron chi connectivity index (χ0n) is 12.7. The van der Waals surface area contributed by atoms with Crippen molar-refractivity contribution in [3.05, 3.63) is 34.7 Å². The average Bonchev–Trinajstić information content (AvgIpc) is 3.05. The molecule has 6 heteroatoms. The van der Waals surface area contributed by atoms with Crippen LogP contribution in [0.1, 0.15) is 38.0 Å². The van der Waals surface area contributed by atoms with Gasteiger partial charge in [0.1, 0.15) is 16.9 Å². The van der Waals surface area contributed by atoms with Gasteiger partial charge in [0.2, 0.25) is 0 Å². The van der Waals surface area contributed by atoms with Gasteiger partial charge in [-0.05, 0) is 39.8 Å². The number of hydrogen-bond donors (Lipinski definition) is 1. The van der Waals surface area contributed by atoms with Crippen molar-refractivity contribution in [1.29, 1.82) is 0 Å². The van der Waals surface area contributed by atoms with Crippen molar-refractivity contribution in [3.8, 4) is 0 Å². The molecule has 0 bridgehead atoms. The van der Waals surface area contributed by atoms with Gasteiger partial charge in [0.25, 0.3) is 0 Å². The summed E-state index contributed by atoms with van der Waals surface area (Å²) in [6, 6.07) is 3.85. The highest BCUT2D eigenvalue weighted by Gasteiger charge is 2.33. The number of hydrogen-bond acceptors (Lipinski definition) is 6. The average molecular weight is 308 g/mol. The maximum Gasteiger partial charge on any atom is 0.317 e. The predicted molar refractivity (Wildman–Crippen MR) is 82.5 cm³/mol. The Bertz CT molecular complexity index is 616. The van der Waals surface area contributed by atoms with Gasteiger partial charge >= 0.3 is 5.97 Å². The number of esters is 1. The second-order valence-electron chi connectivity index (χ2n) is 5.25. The van der Waals surface area contributed by atoms with Crippen molar-refractivity contribution >= 4 is 22.4 Å². The number of furan rings is 1. The zero-order chi connectivity index (χ0) is 15.5. The summed E-state index contributed by atoms with van der Waals surface area (Å²) in [4.78, 5) is 16.4. The monoisotopic (exact) mass is 308 g/mol. The third-order valence-electron chi connectivity index (χ3n) is 3.14. The molecule has 2 aromatic rings. The Balaban J connectivity index is 2.02. The van der Waals surface area contributed by atoms with Crippen LogP contribution in [0.4, 0.5) is 5.13 Å². The van der Waals surface area contributed by atoms with Crippen LogP contribution in [0.5, 0.6) is 0 Å². The number of rotatable bonds is 6. The van der Waals surface area contributed by atoms with Crippen LogP contribution in [0.2, 0.25) is 0 Å². The molecule has 0 radical (unpaired) electrons. The number of carbonyl (C=O) groups excluding carboxylic acids is 1. The van der Waals surface area contributed by atoms with E-state index in [9.17, 15) is 4.79 Å². The second-order valence-corrected chi connectivity index (χ2v) is 6.11. The maximum absolute atomic E-state index is 12.0. The normalized spacial score (nSPS) is 11.4. The van der Waals surface area contributed by atoms with Crippen LogP contribution in [0.25, 0.3) is 0 Å². The fraction of sp³-hybridized carbons (Fsp3) is 0.467. The Morgan fingerprint density at radius 1 is 1.48 bits per heavy atom. The molecule has 21 heavy (non-hydrogen) atoms. The molecule has 0 spiro atoms. The minimum Gasteiger partial charge on any atom is -0.465 e. The van der Waals surface area contributed by atoms with Crippen molar-refractivity contribution in [1.82, 2.24) is 4.98 Å². The lowest BCUT2D eigenvalue weighted by Gasteiger charge is -2.19. The maximum atomic E-state index is 12.0. The van der Waals surface area contributed by atoms with Gasteiger partial charge in [-0.1, -0.05) is 0 Å². The van der Waals surface area contributed by atoms with Gasteiger partial charge in [-0.15, -0.1) is 11.3 Å². The fourth-order valence-corrected chi connectivity index (χ4v) is 2.68. The summed E-state index contributed by atoms with van der Waals surface area (Å²) < 4.78 is 10.6. The molecule has 0 aliphatic heterocycles. The van der Waals surface area contributed by atoms with Gasteiger partial charge in [-0.3, -0.25) is 4.79 Å². The Hall–Kier alpha value is -1.82. The van der Waals surface area contributed by atoms with E-state index >= 15 is 0 Å². The highest BCUT2D eigenvalue weighted by atomic mass is 32.1. The summed E-state index contributed by atoms with van der Waals surface area (Å²) in [7, 11) is 0. The van der Waals surface area contributed by atoms with Crippen LogP contribution in [0.3, 0.4) is 0 Å².